The van der Waals surface area contributed by atoms with Crippen LogP contribution in [0.15, 0.2) is 23.7 Å². The van der Waals surface area contributed by atoms with Gasteiger partial charge in [0.05, 0.1) is 15.8 Å². The molecule has 4 rings (SSSR count). The van der Waals surface area contributed by atoms with E-state index in [0.717, 1.165) is 54.5 Å². The number of carbonyl (C=O) groups is 1. The molecule has 2 aromatic rings. The van der Waals surface area contributed by atoms with Gasteiger partial charge in [0, 0.05) is 12.0 Å². The molecule has 0 bridgehead atoms. The van der Waals surface area contributed by atoms with E-state index in [1.807, 2.05) is 37.6 Å². The molecular formula is C21H28N2O3S. The molecule has 0 unspecified atom stereocenters. The van der Waals surface area contributed by atoms with Crippen molar-refractivity contribution in [2.45, 2.75) is 70.1 Å². The number of hydrogen-bond donors (Lipinski definition) is 2. The number of ether oxygens (including phenoxy) is 1. The first-order valence-electron chi connectivity index (χ1n) is 9.92. The largest absolute Gasteiger partial charge is 0.488 e. The lowest BCUT2D eigenvalue weighted by Crippen LogP contribution is -2.48. The molecule has 27 heavy (non-hydrogen) atoms. The van der Waals surface area contributed by atoms with E-state index in [1.165, 1.54) is 0 Å². The van der Waals surface area contributed by atoms with Crippen molar-refractivity contribution >= 4 is 27.5 Å². The Balaban J connectivity index is 1.23. The number of carbonyl (C=O) groups excluding carboxylic acids is 1. The molecule has 2 aliphatic rings. The highest BCUT2D eigenvalue weighted by molar-refractivity contribution is 7.16. The van der Waals surface area contributed by atoms with Gasteiger partial charge in [-0.05, 0) is 70.4 Å². The maximum absolute atomic E-state index is 12.5. The summed E-state index contributed by atoms with van der Waals surface area (Å²) in [7, 11) is 0. The predicted molar refractivity (Wildman–Crippen MR) is 107 cm³/mol. The summed E-state index contributed by atoms with van der Waals surface area (Å²) in [5.74, 6) is 1.37. The molecule has 0 aliphatic heterocycles. The van der Waals surface area contributed by atoms with Crippen molar-refractivity contribution < 1.29 is 14.6 Å². The summed E-state index contributed by atoms with van der Waals surface area (Å²) in [5, 5.41) is 13.4. The summed E-state index contributed by atoms with van der Waals surface area (Å²) in [6.07, 6.45) is 5.50. The van der Waals surface area contributed by atoms with Crippen LogP contribution in [0.2, 0.25) is 0 Å². The molecule has 1 aromatic heterocycles. The number of aromatic nitrogens is 1. The van der Waals surface area contributed by atoms with Crippen LogP contribution in [0.25, 0.3) is 10.2 Å². The van der Waals surface area contributed by atoms with Crippen molar-refractivity contribution in [1.29, 1.82) is 0 Å². The van der Waals surface area contributed by atoms with Gasteiger partial charge in [-0.1, -0.05) is 6.07 Å². The highest BCUT2D eigenvalue weighted by Gasteiger charge is 2.38. The van der Waals surface area contributed by atoms with E-state index in [9.17, 15) is 9.90 Å². The van der Waals surface area contributed by atoms with Gasteiger partial charge >= 0.3 is 0 Å². The quantitative estimate of drug-likeness (QED) is 0.815. The molecule has 2 saturated carbocycles. The Hall–Kier alpha value is -1.66. The summed E-state index contributed by atoms with van der Waals surface area (Å²) in [4.78, 5) is 16.9. The zero-order chi connectivity index (χ0) is 19.0. The summed E-state index contributed by atoms with van der Waals surface area (Å²) in [6.45, 7) is 3.77. The van der Waals surface area contributed by atoms with E-state index >= 15 is 0 Å². The second-order valence-corrected chi connectivity index (χ2v) is 9.46. The van der Waals surface area contributed by atoms with Gasteiger partial charge < -0.3 is 15.2 Å². The van der Waals surface area contributed by atoms with Crippen molar-refractivity contribution in [1.82, 2.24) is 10.3 Å². The van der Waals surface area contributed by atoms with Crippen LogP contribution in [0, 0.1) is 11.8 Å². The number of nitrogens with one attached hydrogen (secondary N) is 1. The summed E-state index contributed by atoms with van der Waals surface area (Å²) >= 11 is 1.61. The van der Waals surface area contributed by atoms with E-state index in [-0.39, 0.29) is 24.0 Å². The second-order valence-electron chi connectivity index (χ2n) is 8.57. The third-order valence-electron chi connectivity index (χ3n) is 6.16. The maximum atomic E-state index is 12.5. The molecule has 146 valence electrons. The summed E-state index contributed by atoms with van der Waals surface area (Å²) in [6, 6.07) is 6.24. The fraction of sp³-hybridized carbons (Fsp3) is 0.619. The first-order valence-corrected chi connectivity index (χ1v) is 10.8. The monoisotopic (exact) mass is 388 g/mol. The van der Waals surface area contributed by atoms with Crippen LogP contribution in [-0.4, -0.2) is 33.7 Å². The van der Waals surface area contributed by atoms with Crippen molar-refractivity contribution in [2.75, 3.05) is 0 Å². The summed E-state index contributed by atoms with van der Waals surface area (Å²) < 4.78 is 7.21. The van der Waals surface area contributed by atoms with Gasteiger partial charge in [0.1, 0.15) is 17.4 Å². The molecule has 1 heterocycles. The number of hydrogen-bond acceptors (Lipinski definition) is 5. The normalized spacial score (nSPS) is 28.6. The molecule has 2 fully saturated rings. The number of rotatable bonds is 5. The Morgan fingerprint density at radius 3 is 2.70 bits per heavy atom. The van der Waals surface area contributed by atoms with Crippen molar-refractivity contribution in [3.05, 3.63) is 23.7 Å². The zero-order valence-electron chi connectivity index (χ0n) is 16.0. The van der Waals surface area contributed by atoms with Gasteiger partial charge in [-0.15, -0.1) is 11.3 Å². The smallest absolute Gasteiger partial charge is 0.223 e. The Morgan fingerprint density at radius 2 is 2.00 bits per heavy atom. The third-order valence-corrected chi connectivity index (χ3v) is 6.95. The average molecular weight is 389 g/mol. The fourth-order valence-corrected chi connectivity index (χ4v) is 4.97. The van der Waals surface area contributed by atoms with Gasteiger partial charge in [0.25, 0.3) is 0 Å². The second kappa shape index (κ2) is 7.40. The van der Waals surface area contributed by atoms with Crippen LogP contribution in [0.4, 0.5) is 0 Å². The molecule has 0 radical (unpaired) electrons. The van der Waals surface area contributed by atoms with Gasteiger partial charge in [-0.25, -0.2) is 4.98 Å². The van der Waals surface area contributed by atoms with Crippen LogP contribution < -0.4 is 10.1 Å². The van der Waals surface area contributed by atoms with Crippen LogP contribution >= 0.6 is 11.3 Å². The lowest BCUT2D eigenvalue weighted by molar-refractivity contribution is -0.131. The molecule has 2 N–H and O–H groups in total. The van der Waals surface area contributed by atoms with E-state index in [2.05, 4.69) is 10.3 Å². The fourth-order valence-electron chi connectivity index (χ4n) is 4.27. The van der Waals surface area contributed by atoms with Crippen LogP contribution in [-0.2, 0) is 4.79 Å². The predicted octanol–water partition coefficient (Wildman–Crippen LogP) is 3.90. The lowest BCUT2D eigenvalue weighted by Gasteiger charge is -2.38. The van der Waals surface area contributed by atoms with Crippen molar-refractivity contribution in [2.24, 2.45) is 11.8 Å². The summed E-state index contributed by atoms with van der Waals surface area (Å²) in [5.41, 5.74) is 2.13. The minimum atomic E-state index is -0.617. The highest BCUT2D eigenvalue weighted by atomic mass is 32.1. The number of nitrogens with zero attached hydrogens (tertiary/aromatic N) is 1. The number of benzene rings is 1. The SMILES string of the molecule is CC(C)(O)C1CCC(NC(=O)[C@H]2C[C@H](Oc3cccc4scnc34)C2)CC1. The molecule has 5 nitrogen and oxygen atoms in total. The third kappa shape index (κ3) is 4.11. The van der Waals surface area contributed by atoms with E-state index in [4.69, 9.17) is 4.74 Å². The molecule has 0 spiro atoms. The van der Waals surface area contributed by atoms with Gasteiger partial charge in [0.15, 0.2) is 0 Å². The van der Waals surface area contributed by atoms with E-state index in [0.29, 0.717) is 5.92 Å². The minimum absolute atomic E-state index is 0.0524. The first kappa shape index (κ1) is 18.7. The molecule has 2 aliphatic carbocycles. The molecular weight excluding hydrogens is 360 g/mol. The Morgan fingerprint density at radius 1 is 1.26 bits per heavy atom. The molecule has 1 amide bonds. The molecule has 0 atom stereocenters. The van der Waals surface area contributed by atoms with Gasteiger partial charge in [-0.2, -0.15) is 0 Å². The van der Waals surface area contributed by atoms with Crippen LogP contribution in [0.5, 0.6) is 5.75 Å². The average Bonchev–Trinajstić information content (AvgIpc) is 3.06. The molecule has 1 aromatic carbocycles. The Kier molecular flexibility index (Phi) is 5.12. The maximum Gasteiger partial charge on any atom is 0.223 e. The zero-order valence-corrected chi connectivity index (χ0v) is 16.8. The Bertz CT molecular complexity index is 799. The van der Waals surface area contributed by atoms with Gasteiger partial charge in [-0.3, -0.25) is 4.79 Å². The van der Waals surface area contributed by atoms with Crippen LogP contribution in [0.1, 0.15) is 52.4 Å². The first-order chi connectivity index (χ1) is 12.9. The number of thiazole rings is 1. The highest BCUT2D eigenvalue weighted by Crippen LogP contribution is 2.36. The van der Waals surface area contributed by atoms with E-state index in [1.54, 1.807) is 11.3 Å². The number of amides is 1. The molecule has 0 saturated heterocycles. The van der Waals surface area contributed by atoms with Crippen molar-refractivity contribution in [3.63, 3.8) is 0 Å². The Labute approximate surface area is 164 Å². The van der Waals surface area contributed by atoms with Crippen molar-refractivity contribution in [3.8, 4) is 5.75 Å². The topological polar surface area (TPSA) is 71.5 Å². The number of fused-ring (bicyclic) bond motifs is 1. The standard InChI is InChI=1S/C21H28N2O3S/c1-21(2,25)14-6-8-15(9-7-14)23-20(24)13-10-16(11-13)26-17-4-3-5-18-19(17)22-12-27-18/h3-5,12-16,25H,6-11H2,1-2H3,(H,23,24)/t13-,14?,15?,16-. The number of aliphatic hydroxyl groups is 1. The van der Waals surface area contributed by atoms with E-state index < -0.39 is 5.60 Å². The lowest BCUT2D eigenvalue weighted by atomic mass is 9.76. The number of para-hydroxylation sites is 1. The molecule has 6 heteroatoms. The minimum Gasteiger partial charge on any atom is -0.488 e. The van der Waals surface area contributed by atoms with Crippen LogP contribution in [0.3, 0.4) is 0 Å². The van der Waals surface area contributed by atoms with Gasteiger partial charge in [0.2, 0.25) is 5.91 Å².